The summed E-state index contributed by atoms with van der Waals surface area (Å²) < 4.78 is 74.6. The van der Waals surface area contributed by atoms with E-state index in [1.54, 1.807) is 34.6 Å². The number of amides is 1. The van der Waals surface area contributed by atoms with Crippen molar-refractivity contribution in [2.24, 2.45) is 0 Å². The molecular weight excluding hydrogens is 403 g/mol. The standard InChI is InChI=1S/C17H22F3NO6S/c1-15(2,3)26-14(22)21-13(10-25-16(21,4)5)11-6-8-12(9-7-11)27-28(23,24)17(18,19)20/h6-9,13H,10H2,1-5H3/t13-/m1/s1. The van der Waals surface area contributed by atoms with Gasteiger partial charge in [-0.3, -0.25) is 4.90 Å². The minimum atomic E-state index is -5.75. The average molecular weight is 425 g/mol. The fourth-order valence-electron chi connectivity index (χ4n) is 2.63. The highest BCUT2D eigenvalue weighted by Crippen LogP contribution is 2.38. The minimum Gasteiger partial charge on any atom is -0.444 e. The van der Waals surface area contributed by atoms with E-state index in [2.05, 4.69) is 4.18 Å². The third-order valence-corrected chi connectivity index (χ3v) is 4.81. The van der Waals surface area contributed by atoms with Crippen molar-refractivity contribution in [3.05, 3.63) is 29.8 Å². The molecule has 7 nitrogen and oxygen atoms in total. The lowest BCUT2D eigenvalue weighted by Crippen LogP contribution is -2.47. The van der Waals surface area contributed by atoms with Crippen molar-refractivity contribution in [1.29, 1.82) is 0 Å². The van der Waals surface area contributed by atoms with Crippen molar-refractivity contribution in [2.75, 3.05) is 6.61 Å². The molecule has 0 bridgehead atoms. The molecule has 1 amide bonds. The van der Waals surface area contributed by atoms with E-state index >= 15 is 0 Å². The van der Waals surface area contributed by atoms with Gasteiger partial charge in [0.15, 0.2) is 0 Å². The number of benzene rings is 1. The largest absolute Gasteiger partial charge is 0.534 e. The molecular formula is C17H22F3NO6S. The van der Waals surface area contributed by atoms with Gasteiger partial charge in [0.1, 0.15) is 17.1 Å². The van der Waals surface area contributed by atoms with Gasteiger partial charge in [0.05, 0.1) is 12.6 Å². The van der Waals surface area contributed by atoms with Crippen molar-refractivity contribution in [3.63, 3.8) is 0 Å². The first-order valence-corrected chi connectivity index (χ1v) is 9.71. The number of ether oxygens (including phenoxy) is 2. The van der Waals surface area contributed by atoms with Crippen LogP contribution >= 0.6 is 0 Å². The molecule has 0 saturated carbocycles. The van der Waals surface area contributed by atoms with Crippen molar-refractivity contribution in [1.82, 2.24) is 4.90 Å². The molecule has 0 N–H and O–H groups in total. The maximum absolute atomic E-state index is 12.6. The Morgan fingerprint density at radius 1 is 1.18 bits per heavy atom. The van der Waals surface area contributed by atoms with Crippen LogP contribution in [0.1, 0.15) is 46.2 Å². The molecule has 1 heterocycles. The molecule has 158 valence electrons. The lowest BCUT2D eigenvalue weighted by atomic mass is 10.1. The van der Waals surface area contributed by atoms with Gasteiger partial charge in [0.2, 0.25) is 0 Å². The zero-order chi connectivity index (χ0) is 21.5. The lowest BCUT2D eigenvalue weighted by molar-refractivity contribution is -0.0626. The van der Waals surface area contributed by atoms with E-state index in [-0.39, 0.29) is 6.61 Å². The summed E-state index contributed by atoms with van der Waals surface area (Å²) >= 11 is 0. The zero-order valence-electron chi connectivity index (χ0n) is 16.0. The van der Waals surface area contributed by atoms with Crippen LogP contribution in [0.2, 0.25) is 0 Å². The molecule has 11 heteroatoms. The first-order chi connectivity index (χ1) is 12.5. The predicted octanol–water partition coefficient (Wildman–Crippen LogP) is 3.96. The molecule has 0 aliphatic carbocycles. The Kier molecular flexibility index (Phi) is 5.65. The third-order valence-electron chi connectivity index (χ3n) is 3.83. The molecule has 1 atom stereocenters. The van der Waals surface area contributed by atoms with Crippen molar-refractivity contribution < 1.29 is 40.0 Å². The summed E-state index contributed by atoms with van der Waals surface area (Å²) in [5, 5.41) is 0. The highest BCUT2D eigenvalue weighted by Gasteiger charge is 2.49. The molecule has 1 fully saturated rings. The highest BCUT2D eigenvalue weighted by atomic mass is 32.2. The van der Waals surface area contributed by atoms with Crippen LogP contribution in [0.25, 0.3) is 0 Å². The molecule has 1 aliphatic rings. The Balaban J connectivity index is 2.25. The van der Waals surface area contributed by atoms with Gasteiger partial charge in [0, 0.05) is 0 Å². The van der Waals surface area contributed by atoms with E-state index in [0.29, 0.717) is 5.56 Å². The van der Waals surface area contributed by atoms with Crippen molar-refractivity contribution in [2.45, 2.75) is 57.5 Å². The maximum atomic E-state index is 12.6. The summed E-state index contributed by atoms with van der Waals surface area (Å²) in [5.74, 6) is -0.497. The van der Waals surface area contributed by atoms with Gasteiger partial charge in [-0.2, -0.15) is 21.6 Å². The monoisotopic (exact) mass is 425 g/mol. The van der Waals surface area contributed by atoms with Crippen molar-refractivity contribution >= 4 is 16.2 Å². The molecule has 1 aliphatic heterocycles. The van der Waals surface area contributed by atoms with E-state index in [0.717, 1.165) is 12.1 Å². The molecule has 1 saturated heterocycles. The number of hydrogen-bond donors (Lipinski definition) is 0. The second-order valence-electron chi connectivity index (χ2n) is 7.68. The normalized spacial score (nSPS) is 20.1. The van der Waals surface area contributed by atoms with Gasteiger partial charge in [-0.1, -0.05) is 12.1 Å². The number of alkyl halides is 3. The predicted molar refractivity (Wildman–Crippen MR) is 92.9 cm³/mol. The molecule has 1 aromatic carbocycles. The summed E-state index contributed by atoms with van der Waals surface area (Å²) in [6.07, 6.45) is -0.611. The van der Waals surface area contributed by atoms with Gasteiger partial charge in [-0.15, -0.1) is 0 Å². The van der Waals surface area contributed by atoms with Crippen LogP contribution in [0.4, 0.5) is 18.0 Å². The molecule has 1 aromatic rings. The highest BCUT2D eigenvalue weighted by molar-refractivity contribution is 7.88. The average Bonchev–Trinajstić information content (AvgIpc) is 2.80. The van der Waals surface area contributed by atoms with Gasteiger partial charge < -0.3 is 13.7 Å². The summed E-state index contributed by atoms with van der Waals surface area (Å²) in [4.78, 5) is 14.0. The number of nitrogens with zero attached hydrogens (tertiary/aromatic N) is 1. The van der Waals surface area contributed by atoms with Gasteiger partial charge in [-0.25, -0.2) is 4.79 Å². The van der Waals surface area contributed by atoms with Crippen LogP contribution in [-0.2, 0) is 19.6 Å². The number of rotatable bonds is 3. The zero-order valence-corrected chi connectivity index (χ0v) is 16.8. The fourth-order valence-corrected chi connectivity index (χ4v) is 3.08. The van der Waals surface area contributed by atoms with Gasteiger partial charge in [-0.05, 0) is 52.3 Å². The molecule has 2 rings (SSSR count). The first-order valence-electron chi connectivity index (χ1n) is 8.30. The maximum Gasteiger partial charge on any atom is 0.534 e. The number of hydrogen-bond acceptors (Lipinski definition) is 6. The Morgan fingerprint density at radius 2 is 1.71 bits per heavy atom. The summed E-state index contributed by atoms with van der Waals surface area (Å²) in [6.45, 7) is 8.66. The fraction of sp³-hybridized carbons (Fsp3) is 0.588. The van der Waals surface area contributed by atoms with Crippen LogP contribution in [0.5, 0.6) is 5.75 Å². The Hall–Kier alpha value is -2.01. The van der Waals surface area contributed by atoms with E-state index in [4.69, 9.17) is 9.47 Å². The molecule has 0 aromatic heterocycles. The third kappa shape index (κ3) is 4.88. The Bertz CT molecular complexity index is 828. The smallest absolute Gasteiger partial charge is 0.444 e. The first kappa shape index (κ1) is 22.3. The van der Waals surface area contributed by atoms with Crippen molar-refractivity contribution in [3.8, 4) is 5.75 Å². The second-order valence-corrected chi connectivity index (χ2v) is 9.21. The number of halogens is 3. The van der Waals surface area contributed by atoms with Gasteiger partial charge >= 0.3 is 21.7 Å². The van der Waals surface area contributed by atoms with Crippen LogP contribution < -0.4 is 4.18 Å². The number of carbonyl (C=O) groups is 1. The molecule has 0 spiro atoms. The second kappa shape index (κ2) is 7.11. The SMILES string of the molecule is CC(C)(C)OC(=O)N1[C@@H](c2ccc(OS(=O)(=O)C(F)(F)F)cc2)COC1(C)C. The summed E-state index contributed by atoms with van der Waals surface area (Å²) in [6, 6.07) is 4.33. The van der Waals surface area contributed by atoms with E-state index in [1.165, 1.54) is 17.0 Å². The summed E-state index contributed by atoms with van der Waals surface area (Å²) in [7, 11) is -5.75. The van der Waals surface area contributed by atoms with Crippen LogP contribution in [0.15, 0.2) is 24.3 Å². The van der Waals surface area contributed by atoms with Gasteiger partial charge in [0.25, 0.3) is 0 Å². The van der Waals surface area contributed by atoms with Crippen LogP contribution in [-0.4, -0.2) is 42.9 Å². The van der Waals surface area contributed by atoms with E-state index in [1.807, 2.05) is 0 Å². The van der Waals surface area contributed by atoms with Crippen LogP contribution in [0, 0.1) is 0 Å². The number of carbonyl (C=O) groups excluding carboxylic acids is 1. The lowest BCUT2D eigenvalue weighted by Gasteiger charge is -2.35. The van der Waals surface area contributed by atoms with Crippen LogP contribution in [0.3, 0.4) is 0 Å². The minimum absolute atomic E-state index is 0.132. The Morgan fingerprint density at radius 3 is 2.18 bits per heavy atom. The quantitative estimate of drug-likeness (QED) is 0.539. The van der Waals surface area contributed by atoms with E-state index < -0.39 is 44.8 Å². The molecule has 0 radical (unpaired) electrons. The topological polar surface area (TPSA) is 82.1 Å². The Labute approximate surface area is 161 Å². The molecule has 28 heavy (non-hydrogen) atoms. The van der Waals surface area contributed by atoms with E-state index in [9.17, 15) is 26.4 Å². The molecule has 0 unspecified atom stereocenters. The summed E-state index contributed by atoms with van der Waals surface area (Å²) in [5.41, 5.74) is -6.71.